The standard InChI is InChI=1S/C16H21N3O/c17-11-16(7-9-20-10-8-16)15-18-13-3-1-2-4-14(13)19(15)12-5-6-12/h1-4,12H,5-11,17H2. The van der Waals surface area contributed by atoms with Gasteiger partial charge < -0.3 is 15.0 Å². The number of benzene rings is 1. The average molecular weight is 271 g/mol. The van der Waals surface area contributed by atoms with Crippen molar-refractivity contribution < 1.29 is 4.74 Å². The molecule has 0 radical (unpaired) electrons. The van der Waals surface area contributed by atoms with Gasteiger partial charge in [-0.2, -0.15) is 0 Å². The average Bonchev–Trinajstić information content (AvgIpc) is 3.27. The van der Waals surface area contributed by atoms with Crippen molar-refractivity contribution in [1.29, 1.82) is 0 Å². The number of ether oxygens (including phenoxy) is 1. The van der Waals surface area contributed by atoms with E-state index in [0.717, 1.165) is 31.6 Å². The summed E-state index contributed by atoms with van der Waals surface area (Å²) in [5.41, 5.74) is 8.55. The number of nitrogens with zero attached hydrogens (tertiary/aromatic N) is 2. The van der Waals surface area contributed by atoms with Crippen molar-refractivity contribution in [3.05, 3.63) is 30.1 Å². The minimum Gasteiger partial charge on any atom is -0.381 e. The highest BCUT2D eigenvalue weighted by Gasteiger charge is 2.40. The molecule has 1 saturated heterocycles. The van der Waals surface area contributed by atoms with E-state index in [-0.39, 0.29) is 5.41 Å². The maximum atomic E-state index is 6.17. The summed E-state index contributed by atoms with van der Waals surface area (Å²) in [7, 11) is 0. The second-order valence-electron chi connectivity index (χ2n) is 6.12. The van der Waals surface area contributed by atoms with Crippen LogP contribution in [0.5, 0.6) is 0 Å². The molecule has 2 N–H and O–H groups in total. The summed E-state index contributed by atoms with van der Waals surface area (Å²) in [6.07, 6.45) is 4.51. The first-order valence-electron chi connectivity index (χ1n) is 7.59. The van der Waals surface area contributed by atoms with Crippen LogP contribution in [0, 0.1) is 0 Å². The molecule has 0 amide bonds. The molecule has 1 saturated carbocycles. The monoisotopic (exact) mass is 271 g/mol. The van der Waals surface area contributed by atoms with Gasteiger partial charge in [-0.15, -0.1) is 0 Å². The van der Waals surface area contributed by atoms with Crippen LogP contribution >= 0.6 is 0 Å². The summed E-state index contributed by atoms with van der Waals surface area (Å²) in [6.45, 7) is 2.25. The van der Waals surface area contributed by atoms with Gasteiger partial charge in [-0.05, 0) is 37.8 Å². The maximum Gasteiger partial charge on any atom is 0.117 e. The molecule has 0 bridgehead atoms. The molecule has 20 heavy (non-hydrogen) atoms. The zero-order chi connectivity index (χ0) is 13.6. The molecule has 0 unspecified atom stereocenters. The van der Waals surface area contributed by atoms with Crippen LogP contribution in [0.1, 0.15) is 37.5 Å². The van der Waals surface area contributed by atoms with E-state index in [1.54, 1.807) is 0 Å². The van der Waals surface area contributed by atoms with Crippen molar-refractivity contribution in [2.75, 3.05) is 19.8 Å². The Balaban J connectivity index is 1.91. The van der Waals surface area contributed by atoms with Gasteiger partial charge in [-0.25, -0.2) is 4.98 Å². The minimum absolute atomic E-state index is 0.000139. The van der Waals surface area contributed by atoms with Crippen LogP contribution < -0.4 is 5.73 Å². The Morgan fingerprint density at radius 2 is 2.00 bits per heavy atom. The smallest absolute Gasteiger partial charge is 0.117 e. The molecule has 2 heterocycles. The minimum atomic E-state index is -0.000139. The third-order valence-corrected chi connectivity index (χ3v) is 4.82. The van der Waals surface area contributed by atoms with Crippen molar-refractivity contribution in [3.63, 3.8) is 0 Å². The molecular weight excluding hydrogens is 250 g/mol. The van der Waals surface area contributed by atoms with Gasteiger partial charge in [0, 0.05) is 31.2 Å². The van der Waals surface area contributed by atoms with Crippen LogP contribution in [-0.2, 0) is 10.2 Å². The van der Waals surface area contributed by atoms with Crippen molar-refractivity contribution >= 4 is 11.0 Å². The summed E-state index contributed by atoms with van der Waals surface area (Å²) >= 11 is 0. The van der Waals surface area contributed by atoms with E-state index in [1.165, 1.54) is 24.2 Å². The number of nitrogens with two attached hydrogens (primary N) is 1. The number of rotatable bonds is 3. The van der Waals surface area contributed by atoms with E-state index in [1.807, 2.05) is 0 Å². The zero-order valence-electron chi connectivity index (χ0n) is 11.7. The third kappa shape index (κ3) is 1.79. The van der Waals surface area contributed by atoms with E-state index in [4.69, 9.17) is 15.5 Å². The number of hydrogen-bond donors (Lipinski definition) is 1. The van der Waals surface area contributed by atoms with Crippen LogP contribution in [0.2, 0.25) is 0 Å². The highest BCUT2D eigenvalue weighted by atomic mass is 16.5. The molecular formula is C16H21N3O. The molecule has 1 aromatic carbocycles. The van der Waals surface area contributed by atoms with Crippen molar-refractivity contribution in [2.45, 2.75) is 37.1 Å². The van der Waals surface area contributed by atoms with E-state index < -0.39 is 0 Å². The van der Waals surface area contributed by atoms with Crippen LogP contribution in [-0.4, -0.2) is 29.3 Å². The van der Waals surface area contributed by atoms with E-state index in [9.17, 15) is 0 Å². The van der Waals surface area contributed by atoms with E-state index in [2.05, 4.69) is 28.8 Å². The lowest BCUT2D eigenvalue weighted by Crippen LogP contribution is -2.42. The lowest BCUT2D eigenvalue weighted by molar-refractivity contribution is 0.0488. The maximum absolute atomic E-state index is 6.17. The third-order valence-electron chi connectivity index (χ3n) is 4.82. The Morgan fingerprint density at radius 3 is 2.70 bits per heavy atom. The number of aromatic nitrogens is 2. The molecule has 2 aliphatic rings. The largest absolute Gasteiger partial charge is 0.381 e. The van der Waals surface area contributed by atoms with Crippen molar-refractivity contribution in [3.8, 4) is 0 Å². The van der Waals surface area contributed by atoms with Crippen LogP contribution in [0.4, 0.5) is 0 Å². The van der Waals surface area contributed by atoms with Gasteiger partial charge in [0.05, 0.1) is 11.0 Å². The highest BCUT2D eigenvalue weighted by Crippen LogP contribution is 2.43. The summed E-state index contributed by atoms with van der Waals surface area (Å²) in [4.78, 5) is 4.97. The van der Waals surface area contributed by atoms with Gasteiger partial charge in [0.1, 0.15) is 5.82 Å². The Bertz CT molecular complexity index is 624. The second kappa shape index (κ2) is 4.57. The number of para-hydroxylation sites is 2. The van der Waals surface area contributed by atoms with Gasteiger partial charge >= 0.3 is 0 Å². The first kappa shape index (κ1) is 12.4. The van der Waals surface area contributed by atoms with E-state index in [0.29, 0.717) is 12.6 Å². The Morgan fingerprint density at radius 1 is 1.25 bits per heavy atom. The van der Waals surface area contributed by atoms with Gasteiger partial charge in [0.2, 0.25) is 0 Å². The molecule has 106 valence electrons. The van der Waals surface area contributed by atoms with Gasteiger partial charge in [-0.1, -0.05) is 12.1 Å². The number of imidazole rings is 1. The molecule has 2 fully saturated rings. The number of hydrogen-bond acceptors (Lipinski definition) is 3. The predicted octanol–water partition coefficient (Wildman–Crippen LogP) is 2.38. The van der Waals surface area contributed by atoms with Crippen LogP contribution in [0.25, 0.3) is 11.0 Å². The van der Waals surface area contributed by atoms with Crippen molar-refractivity contribution in [1.82, 2.24) is 9.55 Å². The Kier molecular flexibility index (Phi) is 2.82. The molecule has 1 aliphatic heterocycles. The topological polar surface area (TPSA) is 53.1 Å². The fraction of sp³-hybridized carbons (Fsp3) is 0.562. The molecule has 2 aromatic rings. The lowest BCUT2D eigenvalue weighted by Gasteiger charge is -2.36. The quantitative estimate of drug-likeness (QED) is 0.932. The molecule has 0 spiro atoms. The second-order valence-corrected chi connectivity index (χ2v) is 6.12. The fourth-order valence-corrected chi connectivity index (χ4v) is 3.40. The van der Waals surface area contributed by atoms with E-state index >= 15 is 0 Å². The molecule has 1 aliphatic carbocycles. The Labute approximate surface area is 118 Å². The molecule has 4 heteroatoms. The first-order chi connectivity index (χ1) is 9.84. The Hall–Kier alpha value is -1.39. The SMILES string of the molecule is NCC1(c2nc3ccccc3n2C2CC2)CCOCC1. The summed E-state index contributed by atoms with van der Waals surface area (Å²) in [5.74, 6) is 1.20. The zero-order valence-corrected chi connectivity index (χ0v) is 11.7. The van der Waals surface area contributed by atoms with Gasteiger partial charge in [0.15, 0.2) is 0 Å². The highest BCUT2D eigenvalue weighted by molar-refractivity contribution is 5.76. The van der Waals surface area contributed by atoms with Crippen LogP contribution in [0.15, 0.2) is 24.3 Å². The summed E-state index contributed by atoms with van der Waals surface area (Å²) in [6, 6.07) is 9.10. The summed E-state index contributed by atoms with van der Waals surface area (Å²) < 4.78 is 8.01. The fourth-order valence-electron chi connectivity index (χ4n) is 3.40. The normalized spacial score (nSPS) is 22.2. The number of fused-ring (bicyclic) bond motifs is 1. The molecule has 0 atom stereocenters. The van der Waals surface area contributed by atoms with Gasteiger partial charge in [0.25, 0.3) is 0 Å². The first-order valence-corrected chi connectivity index (χ1v) is 7.59. The molecule has 4 nitrogen and oxygen atoms in total. The molecule has 4 rings (SSSR count). The van der Waals surface area contributed by atoms with Crippen molar-refractivity contribution in [2.24, 2.45) is 5.73 Å². The lowest BCUT2D eigenvalue weighted by atomic mass is 9.79. The predicted molar refractivity (Wildman–Crippen MR) is 78.8 cm³/mol. The van der Waals surface area contributed by atoms with Gasteiger partial charge in [-0.3, -0.25) is 0 Å². The molecule has 1 aromatic heterocycles. The summed E-state index contributed by atoms with van der Waals surface area (Å²) in [5, 5.41) is 0. The van der Waals surface area contributed by atoms with Crippen LogP contribution in [0.3, 0.4) is 0 Å².